The van der Waals surface area contributed by atoms with E-state index in [1.165, 1.54) is 6.07 Å². The number of carbonyl (C=O) groups excluding carboxylic acids is 1. The molecule has 1 rings (SSSR count). The average Bonchev–Trinajstić information content (AvgIpc) is 2.41. The zero-order chi connectivity index (χ0) is 15.0. The van der Waals surface area contributed by atoms with Gasteiger partial charge in [-0.3, -0.25) is 14.9 Å². The summed E-state index contributed by atoms with van der Waals surface area (Å²) in [6, 6.07) is 2.98. The van der Waals surface area contributed by atoms with Gasteiger partial charge in [-0.2, -0.15) is 0 Å². The van der Waals surface area contributed by atoms with Crippen molar-refractivity contribution in [1.82, 2.24) is 4.98 Å². The lowest BCUT2D eigenvalue weighted by Gasteiger charge is -2.09. The molecule has 0 aromatic carbocycles. The third-order valence-electron chi connectivity index (χ3n) is 2.52. The molecule has 0 saturated carbocycles. The van der Waals surface area contributed by atoms with Crippen LogP contribution in [-0.2, 0) is 4.79 Å². The van der Waals surface area contributed by atoms with E-state index in [-0.39, 0.29) is 17.9 Å². The summed E-state index contributed by atoms with van der Waals surface area (Å²) in [5.41, 5.74) is 4.94. The number of aromatic nitrogens is 1. The standard InChI is InChI=1S/C12H19N5O3/c1-2-7-14-11-6-5-9(17(19)20)12(16-11)15-8-3-4-10(13)18/h5-6H,2-4,7-8H2,1H3,(H2,13,18)(H2,14,15,16). The number of nitrogens with two attached hydrogens (primary N) is 1. The van der Waals surface area contributed by atoms with Crippen molar-refractivity contribution in [2.45, 2.75) is 26.2 Å². The van der Waals surface area contributed by atoms with Gasteiger partial charge in [-0.15, -0.1) is 0 Å². The van der Waals surface area contributed by atoms with E-state index in [0.717, 1.165) is 13.0 Å². The molecule has 0 fully saturated rings. The predicted molar refractivity (Wildman–Crippen MR) is 76.6 cm³/mol. The van der Waals surface area contributed by atoms with Crippen LogP contribution >= 0.6 is 0 Å². The third-order valence-corrected chi connectivity index (χ3v) is 2.52. The number of carbonyl (C=O) groups is 1. The first-order valence-electron chi connectivity index (χ1n) is 6.46. The Morgan fingerprint density at radius 3 is 2.75 bits per heavy atom. The van der Waals surface area contributed by atoms with E-state index < -0.39 is 10.8 Å². The van der Waals surface area contributed by atoms with Gasteiger partial charge < -0.3 is 16.4 Å². The number of nitrogens with zero attached hydrogens (tertiary/aromatic N) is 2. The van der Waals surface area contributed by atoms with Gasteiger partial charge in [0.2, 0.25) is 11.7 Å². The van der Waals surface area contributed by atoms with Crippen LogP contribution in [0.4, 0.5) is 17.3 Å². The maximum Gasteiger partial charge on any atom is 0.311 e. The highest BCUT2D eigenvalue weighted by atomic mass is 16.6. The van der Waals surface area contributed by atoms with E-state index >= 15 is 0 Å². The zero-order valence-electron chi connectivity index (χ0n) is 11.4. The second-order valence-electron chi connectivity index (χ2n) is 4.24. The molecular weight excluding hydrogens is 262 g/mol. The van der Waals surface area contributed by atoms with Crippen LogP contribution < -0.4 is 16.4 Å². The summed E-state index contributed by atoms with van der Waals surface area (Å²) >= 11 is 0. The van der Waals surface area contributed by atoms with Crippen LogP contribution in [0, 0.1) is 10.1 Å². The molecule has 20 heavy (non-hydrogen) atoms. The second-order valence-corrected chi connectivity index (χ2v) is 4.24. The molecular formula is C12H19N5O3. The molecule has 1 heterocycles. The minimum Gasteiger partial charge on any atom is -0.370 e. The molecule has 0 spiro atoms. The highest BCUT2D eigenvalue weighted by molar-refractivity contribution is 5.73. The molecule has 0 aliphatic heterocycles. The van der Waals surface area contributed by atoms with Crippen LogP contribution in [-0.4, -0.2) is 28.9 Å². The Morgan fingerprint density at radius 2 is 2.15 bits per heavy atom. The van der Waals surface area contributed by atoms with Gasteiger partial charge in [0.05, 0.1) is 4.92 Å². The van der Waals surface area contributed by atoms with E-state index in [1.54, 1.807) is 6.07 Å². The van der Waals surface area contributed by atoms with Crippen LogP contribution in [0.3, 0.4) is 0 Å². The Balaban J connectivity index is 2.72. The molecule has 0 radical (unpaired) electrons. The lowest BCUT2D eigenvalue weighted by atomic mass is 10.3. The fourth-order valence-electron chi connectivity index (χ4n) is 1.55. The number of nitro groups is 1. The summed E-state index contributed by atoms with van der Waals surface area (Å²) in [4.78, 5) is 25.2. The van der Waals surface area contributed by atoms with Crippen molar-refractivity contribution in [3.05, 3.63) is 22.2 Å². The Bertz CT molecular complexity index is 478. The number of hydrogen-bond donors (Lipinski definition) is 3. The van der Waals surface area contributed by atoms with Gasteiger partial charge in [0.15, 0.2) is 0 Å². The van der Waals surface area contributed by atoms with Crippen molar-refractivity contribution in [1.29, 1.82) is 0 Å². The largest absolute Gasteiger partial charge is 0.370 e. The molecule has 8 nitrogen and oxygen atoms in total. The van der Waals surface area contributed by atoms with E-state index in [2.05, 4.69) is 15.6 Å². The topological polar surface area (TPSA) is 123 Å². The van der Waals surface area contributed by atoms with Crippen LogP contribution in [0.2, 0.25) is 0 Å². The summed E-state index contributed by atoms with van der Waals surface area (Å²) in [5, 5.41) is 16.8. The normalized spacial score (nSPS) is 10.1. The minimum atomic E-state index is -0.493. The maximum atomic E-state index is 10.9. The maximum absolute atomic E-state index is 10.9. The molecule has 0 aliphatic rings. The lowest BCUT2D eigenvalue weighted by molar-refractivity contribution is -0.384. The number of pyridine rings is 1. The zero-order valence-corrected chi connectivity index (χ0v) is 11.4. The lowest BCUT2D eigenvalue weighted by Crippen LogP contribution is -2.14. The molecule has 110 valence electrons. The SMILES string of the molecule is CCCNc1ccc([N+](=O)[O-])c(NCCCC(N)=O)n1. The summed E-state index contributed by atoms with van der Waals surface area (Å²) in [5.74, 6) is 0.378. The first-order valence-corrected chi connectivity index (χ1v) is 6.46. The first kappa shape index (κ1) is 15.7. The van der Waals surface area contributed by atoms with Crippen LogP contribution in [0.5, 0.6) is 0 Å². The molecule has 1 aromatic heterocycles. The van der Waals surface area contributed by atoms with Crippen molar-refractivity contribution in [3.8, 4) is 0 Å². The van der Waals surface area contributed by atoms with E-state index in [9.17, 15) is 14.9 Å². The Labute approximate surface area is 116 Å². The fourth-order valence-corrected chi connectivity index (χ4v) is 1.55. The van der Waals surface area contributed by atoms with Gasteiger partial charge in [-0.05, 0) is 18.9 Å². The molecule has 4 N–H and O–H groups in total. The summed E-state index contributed by atoms with van der Waals surface area (Å²) in [7, 11) is 0. The number of primary amides is 1. The highest BCUT2D eigenvalue weighted by Gasteiger charge is 2.15. The van der Waals surface area contributed by atoms with Crippen molar-refractivity contribution in [3.63, 3.8) is 0 Å². The predicted octanol–water partition coefficient (Wildman–Crippen LogP) is 1.49. The molecule has 0 atom stereocenters. The van der Waals surface area contributed by atoms with E-state index in [4.69, 9.17) is 5.73 Å². The van der Waals surface area contributed by atoms with Gasteiger partial charge in [-0.1, -0.05) is 6.92 Å². The minimum absolute atomic E-state index is 0.0916. The third kappa shape index (κ3) is 5.09. The summed E-state index contributed by atoms with van der Waals surface area (Å²) < 4.78 is 0. The van der Waals surface area contributed by atoms with Gasteiger partial charge in [0.25, 0.3) is 0 Å². The number of amides is 1. The van der Waals surface area contributed by atoms with Gasteiger partial charge in [0.1, 0.15) is 5.82 Å². The Morgan fingerprint density at radius 1 is 1.40 bits per heavy atom. The smallest absolute Gasteiger partial charge is 0.311 e. The summed E-state index contributed by atoms with van der Waals surface area (Å²) in [6.07, 6.45) is 1.66. The molecule has 1 amide bonds. The number of nitrogens with one attached hydrogen (secondary N) is 2. The van der Waals surface area contributed by atoms with Crippen molar-refractivity contribution < 1.29 is 9.72 Å². The molecule has 0 saturated heterocycles. The van der Waals surface area contributed by atoms with Crippen molar-refractivity contribution >= 4 is 23.2 Å². The number of anilines is 2. The van der Waals surface area contributed by atoms with Crippen LogP contribution in [0.1, 0.15) is 26.2 Å². The molecule has 1 aromatic rings. The van der Waals surface area contributed by atoms with Crippen molar-refractivity contribution in [2.75, 3.05) is 23.7 Å². The Hall–Kier alpha value is -2.38. The van der Waals surface area contributed by atoms with Crippen molar-refractivity contribution in [2.24, 2.45) is 5.73 Å². The van der Waals surface area contributed by atoms with Crippen LogP contribution in [0.25, 0.3) is 0 Å². The number of hydrogen-bond acceptors (Lipinski definition) is 6. The number of rotatable bonds is 9. The average molecular weight is 281 g/mol. The highest BCUT2D eigenvalue weighted by Crippen LogP contribution is 2.23. The summed E-state index contributed by atoms with van der Waals surface area (Å²) in [6.45, 7) is 3.15. The Kier molecular flexibility index (Phi) is 6.21. The van der Waals surface area contributed by atoms with Gasteiger partial charge in [-0.25, -0.2) is 4.98 Å². The van der Waals surface area contributed by atoms with Gasteiger partial charge >= 0.3 is 5.69 Å². The molecule has 0 bridgehead atoms. The quantitative estimate of drug-likeness (QED) is 0.358. The molecule has 0 unspecified atom stereocenters. The monoisotopic (exact) mass is 281 g/mol. The molecule has 0 aliphatic carbocycles. The van der Waals surface area contributed by atoms with Crippen LogP contribution in [0.15, 0.2) is 12.1 Å². The van der Waals surface area contributed by atoms with E-state index in [0.29, 0.717) is 18.8 Å². The first-order chi connectivity index (χ1) is 9.54. The van der Waals surface area contributed by atoms with E-state index in [1.807, 2.05) is 6.92 Å². The second kappa shape index (κ2) is 7.93. The molecule has 8 heteroatoms. The fraction of sp³-hybridized carbons (Fsp3) is 0.500. The van der Waals surface area contributed by atoms with Gasteiger partial charge in [0, 0.05) is 25.6 Å².